The number of halogens is 1. The number of imidazole rings is 1. The average Bonchev–Trinajstić information content (AvgIpc) is 3.02. The molecule has 3 nitrogen and oxygen atoms in total. The van der Waals surface area contributed by atoms with Gasteiger partial charge in [-0.25, -0.2) is 4.98 Å². The van der Waals surface area contributed by atoms with Crippen molar-refractivity contribution in [1.82, 2.24) is 9.38 Å². The third kappa shape index (κ3) is 3.31. The van der Waals surface area contributed by atoms with E-state index in [1.807, 2.05) is 28.8 Å². The molecule has 1 unspecified atom stereocenters. The zero-order valence-corrected chi connectivity index (χ0v) is 16.5. The molecule has 1 N–H and O–H groups in total. The van der Waals surface area contributed by atoms with Gasteiger partial charge in [-0.1, -0.05) is 67.1 Å². The van der Waals surface area contributed by atoms with E-state index in [0.29, 0.717) is 5.02 Å². The summed E-state index contributed by atoms with van der Waals surface area (Å²) in [5.74, 6) is 1.11. The minimum absolute atomic E-state index is 0.150. The van der Waals surface area contributed by atoms with Crippen LogP contribution < -0.4 is 5.32 Å². The van der Waals surface area contributed by atoms with Gasteiger partial charge in [0.1, 0.15) is 11.5 Å². The number of aromatic nitrogens is 2. The lowest BCUT2D eigenvalue weighted by Gasteiger charge is -2.16. The molecule has 0 saturated carbocycles. The van der Waals surface area contributed by atoms with Crippen LogP contribution in [-0.2, 0) is 0 Å². The predicted octanol–water partition coefficient (Wildman–Crippen LogP) is 6.50. The van der Waals surface area contributed by atoms with Crippen LogP contribution in [0.3, 0.4) is 0 Å². The fourth-order valence-corrected chi connectivity index (χ4v) is 3.65. The third-order valence-electron chi connectivity index (χ3n) is 5.04. The van der Waals surface area contributed by atoms with Gasteiger partial charge in [-0.2, -0.15) is 0 Å². The van der Waals surface area contributed by atoms with E-state index in [1.54, 1.807) is 0 Å². The number of pyridine rings is 1. The quantitative estimate of drug-likeness (QED) is 0.441. The third-order valence-corrected chi connectivity index (χ3v) is 5.27. The Balaban J connectivity index is 1.90. The molecule has 1 atom stereocenters. The van der Waals surface area contributed by atoms with E-state index in [0.717, 1.165) is 22.8 Å². The highest BCUT2D eigenvalue weighted by molar-refractivity contribution is 6.30. The van der Waals surface area contributed by atoms with Crippen LogP contribution in [0.5, 0.6) is 0 Å². The molecule has 0 aliphatic carbocycles. The van der Waals surface area contributed by atoms with E-state index in [-0.39, 0.29) is 5.92 Å². The first-order valence-electron chi connectivity index (χ1n) is 9.10. The van der Waals surface area contributed by atoms with Crippen LogP contribution >= 0.6 is 11.6 Å². The standard InChI is InChI=1S/C23H22ClN3/c1-15-8-7-9-16(2)21(15)26-23-22(17(3)18-10-5-4-6-11-18)25-20-13-12-19(24)14-27(20)23/h4-14,17,26H,1-3H3. The highest BCUT2D eigenvalue weighted by Gasteiger charge is 2.20. The number of benzene rings is 2. The summed E-state index contributed by atoms with van der Waals surface area (Å²) >= 11 is 6.29. The van der Waals surface area contributed by atoms with Crippen molar-refractivity contribution in [3.8, 4) is 0 Å². The van der Waals surface area contributed by atoms with Crippen molar-refractivity contribution in [1.29, 1.82) is 0 Å². The van der Waals surface area contributed by atoms with Gasteiger partial charge in [-0.3, -0.25) is 4.40 Å². The zero-order valence-electron chi connectivity index (χ0n) is 15.7. The van der Waals surface area contributed by atoms with Crippen LogP contribution in [0.15, 0.2) is 66.9 Å². The maximum atomic E-state index is 6.29. The topological polar surface area (TPSA) is 29.3 Å². The summed E-state index contributed by atoms with van der Waals surface area (Å²) in [7, 11) is 0. The van der Waals surface area contributed by atoms with Crippen molar-refractivity contribution in [2.75, 3.05) is 5.32 Å². The number of nitrogens with zero attached hydrogens (tertiary/aromatic N) is 2. The van der Waals surface area contributed by atoms with E-state index < -0.39 is 0 Å². The molecule has 136 valence electrons. The molecule has 2 heterocycles. The predicted molar refractivity (Wildman–Crippen MR) is 113 cm³/mol. The van der Waals surface area contributed by atoms with Gasteiger partial charge in [0.15, 0.2) is 0 Å². The van der Waals surface area contributed by atoms with E-state index in [2.05, 4.69) is 68.6 Å². The van der Waals surface area contributed by atoms with Gasteiger partial charge in [0.25, 0.3) is 0 Å². The first-order valence-corrected chi connectivity index (χ1v) is 9.48. The molecule has 0 amide bonds. The molecule has 4 rings (SSSR count). The number of rotatable bonds is 4. The molecule has 2 aromatic carbocycles. The molecule has 27 heavy (non-hydrogen) atoms. The number of nitrogens with one attached hydrogen (secondary N) is 1. The highest BCUT2D eigenvalue weighted by atomic mass is 35.5. The Morgan fingerprint density at radius 1 is 0.926 bits per heavy atom. The fraction of sp³-hybridized carbons (Fsp3) is 0.174. The number of hydrogen-bond donors (Lipinski definition) is 1. The van der Waals surface area contributed by atoms with Crippen molar-refractivity contribution in [2.24, 2.45) is 0 Å². The van der Waals surface area contributed by atoms with Crippen LogP contribution in [0, 0.1) is 13.8 Å². The number of fused-ring (bicyclic) bond motifs is 1. The van der Waals surface area contributed by atoms with Gasteiger partial charge in [-0.05, 0) is 42.7 Å². The van der Waals surface area contributed by atoms with Gasteiger partial charge in [0, 0.05) is 17.8 Å². The van der Waals surface area contributed by atoms with E-state index in [1.165, 1.54) is 16.7 Å². The summed E-state index contributed by atoms with van der Waals surface area (Å²) in [6, 6.07) is 20.6. The van der Waals surface area contributed by atoms with Gasteiger partial charge in [0.05, 0.1) is 10.7 Å². The van der Waals surface area contributed by atoms with Crippen molar-refractivity contribution < 1.29 is 0 Å². The lowest BCUT2D eigenvalue weighted by Crippen LogP contribution is -2.05. The summed E-state index contributed by atoms with van der Waals surface area (Å²) in [5, 5.41) is 4.34. The van der Waals surface area contributed by atoms with Crippen LogP contribution in [0.2, 0.25) is 5.02 Å². The van der Waals surface area contributed by atoms with Gasteiger partial charge in [0.2, 0.25) is 0 Å². The number of anilines is 2. The SMILES string of the molecule is Cc1cccc(C)c1Nc1c(C(C)c2ccccc2)nc2ccc(Cl)cn12. The normalized spacial score (nSPS) is 12.3. The zero-order chi connectivity index (χ0) is 19.0. The van der Waals surface area contributed by atoms with E-state index in [4.69, 9.17) is 16.6 Å². The monoisotopic (exact) mass is 375 g/mol. The second-order valence-corrected chi connectivity index (χ2v) is 7.38. The summed E-state index contributed by atoms with van der Waals surface area (Å²) in [4.78, 5) is 4.93. The number of hydrogen-bond acceptors (Lipinski definition) is 2. The van der Waals surface area contributed by atoms with Crippen LogP contribution in [0.1, 0.15) is 35.2 Å². The number of aryl methyl sites for hydroxylation is 2. The van der Waals surface area contributed by atoms with Crippen molar-refractivity contribution >= 4 is 28.8 Å². The van der Waals surface area contributed by atoms with E-state index >= 15 is 0 Å². The largest absolute Gasteiger partial charge is 0.339 e. The molecule has 4 aromatic rings. The average molecular weight is 376 g/mol. The van der Waals surface area contributed by atoms with E-state index in [9.17, 15) is 0 Å². The summed E-state index contributed by atoms with van der Waals surface area (Å²) in [6.45, 7) is 6.42. The maximum Gasteiger partial charge on any atom is 0.139 e. The molecule has 0 saturated heterocycles. The maximum absolute atomic E-state index is 6.29. The lowest BCUT2D eigenvalue weighted by atomic mass is 9.97. The molecular weight excluding hydrogens is 354 g/mol. The Morgan fingerprint density at radius 3 is 2.33 bits per heavy atom. The molecule has 0 spiro atoms. The Morgan fingerprint density at radius 2 is 1.63 bits per heavy atom. The van der Waals surface area contributed by atoms with Crippen LogP contribution in [-0.4, -0.2) is 9.38 Å². The summed E-state index contributed by atoms with van der Waals surface area (Å²) < 4.78 is 2.04. The smallest absolute Gasteiger partial charge is 0.139 e. The second kappa shape index (κ2) is 7.09. The molecule has 0 bridgehead atoms. The Bertz CT molecular complexity index is 1080. The molecule has 0 aliphatic heterocycles. The Labute approximate surface area is 164 Å². The summed E-state index contributed by atoms with van der Waals surface area (Å²) in [5.41, 5.74) is 6.63. The molecule has 0 fully saturated rings. The van der Waals surface area contributed by atoms with Gasteiger partial charge >= 0.3 is 0 Å². The van der Waals surface area contributed by atoms with Crippen LogP contribution in [0.25, 0.3) is 5.65 Å². The Kier molecular flexibility index (Phi) is 4.63. The van der Waals surface area contributed by atoms with Crippen molar-refractivity contribution in [3.63, 3.8) is 0 Å². The summed E-state index contributed by atoms with van der Waals surface area (Å²) in [6.07, 6.45) is 1.92. The minimum atomic E-state index is 0.150. The van der Waals surface area contributed by atoms with Crippen molar-refractivity contribution in [3.05, 3.63) is 94.3 Å². The first kappa shape index (κ1) is 17.6. The fourth-order valence-electron chi connectivity index (χ4n) is 3.49. The molecule has 4 heteroatoms. The lowest BCUT2D eigenvalue weighted by molar-refractivity contribution is 0.888. The molecule has 2 aromatic heterocycles. The first-order chi connectivity index (χ1) is 13.0. The number of para-hydroxylation sites is 1. The van der Waals surface area contributed by atoms with Gasteiger partial charge < -0.3 is 5.32 Å². The van der Waals surface area contributed by atoms with Crippen LogP contribution in [0.4, 0.5) is 11.5 Å². The van der Waals surface area contributed by atoms with Crippen molar-refractivity contribution in [2.45, 2.75) is 26.7 Å². The molecular formula is C23H22ClN3. The molecule has 0 radical (unpaired) electrons. The highest BCUT2D eigenvalue weighted by Crippen LogP contribution is 2.34. The Hall–Kier alpha value is -2.78. The second-order valence-electron chi connectivity index (χ2n) is 6.95. The minimum Gasteiger partial charge on any atom is -0.339 e. The molecule has 0 aliphatic rings. The van der Waals surface area contributed by atoms with Gasteiger partial charge in [-0.15, -0.1) is 0 Å².